The maximum absolute atomic E-state index is 6.33. The van der Waals surface area contributed by atoms with E-state index in [0.29, 0.717) is 12.7 Å². The molecule has 0 spiro atoms. The summed E-state index contributed by atoms with van der Waals surface area (Å²) in [6.07, 6.45) is 10.3. The maximum atomic E-state index is 6.33. The number of piperidine rings is 1. The van der Waals surface area contributed by atoms with Crippen molar-refractivity contribution in [1.82, 2.24) is 4.90 Å². The lowest BCUT2D eigenvalue weighted by Gasteiger charge is -2.60. The van der Waals surface area contributed by atoms with Crippen LogP contribution in [0.25, 0.3) is 0 Å². The van der Waals surface area contributed by atoms with E-state index in [1.807, 2.05) is 6.08 Å². The third-order valence-corrected chi connectivity index (χ3v) is 8.66. The quantitative estimate of drug-likeness (QED) is 0.692. The van der Waals surface area contributed by atoms with Crippen LogP contribution in [0.2, 0.25) is 0 Å². The minimum atomic E-state index is 0.288. The molecule has 6 rings (SSSR count). The van der Waals surface area contributed by atoms with Crippen LogP contribution in [0.1, 0.15) is 43.2 Å². The summed E-state index contributed by atoms with van der Waals surface area (Å²) in [5, 5.41) is 0. The number of likely N-dealkylation sites (tertiary alicyclic amines) is 1. The Morgan fingerprint density at radius 2 is 2.18 bits per heavy atom. The van der Waals surface area contributed by atoms with Crippen molar-refractivity contribution < 1.29 is 9.47 Å². The van der Waals surface area contributed by atoms with E-state index >= 15 is 0 Å². The minimum absolute atomic E-state index is 0.288. The number of methoxy groups -OCH3 is 1. The van der Waals surface area contributed by atoms with Gasteiger partial charge in [-0.1, -0.05) is 12.1 Å². The zero-order valence-corrected chi connectivity index (χ0v) is 17.1. The molecule has 2 bridgehead atoms. The molecule has 0 N–H and O–H groups in total. The Kier molecular flexibility index (Phi) is 3.97. The average Bonchev–Trinajstić information content (AvgIpc) is 3.62. The first kappa shape index (κ1) is 17.5. The lowest BCUT2D eigenvalue weighted by molar-refractivity contribution is -0.0729. The fraction of sp³-hybridized carbons (Fsp3) is 0.680. The van der Waals surface area contributed by atoms with Gasteiger partial charge in [-0.25, -0.2) is 0 Å². The highest BCUT2D eigenvalue weighted by molar-refractivity contribution is 5.47. The molecule has 4 fully saturated rings. The van der Waals surface area contributed by atoms with E-state index in [1.165, 1.54) is 51.6 Å². The number of hydrogen-bond donors (Lipinski definition) is 0. The first-order valence-electron chi connectivity index (χ1n) is 11.4. The van der Waals surface area contributed by atoms with Crippen LogP contribution >= 0.6 is 0 Å². The Labute approximate surface area is 169 Å². The number of benzene rings is 1. The summed E-state index contributed by atoms with van der Waals surface area (Å²) in [5.74, 6) is 4.45. The highest BCUT2D eigenvalue weighted by Crippen LogP contribution is 2.67. The lowest BCUT2D eigenvalue weighted by atomic mass is 9.51. The van der Waals surface area contributed by atoms with Crippen LogP contribution in [-0.4, -0.2) is 43.9 Å². The van der Waals surface area contributed by atoms with Crippen LogP contribution in [0.15, 0.2) is 30.9 Å². The third kappa shape index (κ3) is 2.55. The molecule has 4 unspecified atom stereocenters. The molecule has 3 nitrogen and oxygen atoms in total. The first-order chi connectivity index (χ1) is 13.7. The Hall–Kier alpha value is -1.32. The zero-order chi connectivity index (χ0) is 18.9. The fourth-order valence-corrected chi connectivity index (χ4v) is 7.25. The van der Waals surface area contributed by atoms with Crippen molar-refractivity contribution in [2.45, 2.75) is 56.1 Å². The molecule has 4 aliphatic carbocycles. The Balaban J connectivity index is 1.42. The fourth-order valence-electron chi connectivity index (χ4n) is 7.25. The maximum Gasteiger partial charge on any atom is 0.119 e. The van der Waals surface area contributed by atoms with Gasteiger partial charge in [0.25, 0.3) is 0 Å². The molecule has 0 amide bonds. The standard InChI is InChI=1S/C25H33NO2/c1-3-10-28-23-14-25-8-9-26(15-16-4-5-16)22(24(25)20-13-19(20)23)11-17-6-7-18(27-2)12-21(17)25/h3,6-7,12,16,19-20,22-24H,1,4-5,8-11,13-15H2,2H3/t19?,20?,22-,23?,24?,25+/m1/s1. The summed E-state index contributed by atoms with van der Waals surface area (Å²) in [4.78, 5) is 2.90. The molecule has 1 aromatic rings. The molecule has 1 heterocycles. The van der Waals surface area contributed by atoms with Gasteiger partial charge in [0.2, 0.25) is 0 Å². The van der Waals surface area contributed by atoms with Crippen molar-refractivity contribution in [3.63, 3.8) is 0 Å². The second kappa shape index (κ2) is 6.34. The third-order valence-electron chi connectivity index (χ3n) is 8.66. The van der Waals surface area contributed by atoms with Crippen molar-refractivity contribution >= 4 is 0 Å². The number of ether oxygens (including phenoxy) is 2. The highest BCUT2D eigenvalue weighted by atomic mass is 16.5. The number of fused-ring (bicyclic) bond motifs is 2. The predicted octanol–water partition coefficient (Wildman–Crippen LogP) is 4.20. The van der Waals surface area contributed by atoms with E-state index in [0.717, 1.165) is 35.5 Å². The van der Waals surface area contributed by atoms with Crippen molar-refractivity contribution in [3.8, 4) is 5.75 Å². The Morgan fingerprint density at radius 1 is 1.29 bits per heavy atom. The highest BCUT2D eigenvalue weighted by Gasteiger charge is 2.66. The van der Waals surface area contributed by atoms with E-state index in [9.17, 15) is 0 Å². The molecular formula is C25H33NO2. The van der Waals surface area contributed by atoms with Gasteiger partial charge < -0.3 is 9.47 Å². The molecule has 0 radical (unpaired) electrons. The zero-order valence-electron chi connectivity index (χ0n) is 17.1. The van der Waals surface area contributed by atoms with E-state index in [1.54, 1.807) is 18.2 Å². The van der Waals surface area contributed by atoms with Gasteiger partial charge in [0.05, 0.1) is 19.8 Å². The second-order valence-corrected chi connectivity index (χ2v) is 10.1. The molecule has 1 saturated heterocycles. The monoisotopic (exact) mass is 379 g/mol. The lowest BCUT2D eigenvalue weighted by Crippen LogP contribution is -2.63. The van der Waals surface area contributed by atoms with Crippen molar-refractivity contribution in [3.05, 3.63) is 42.0 Å². The predicted molar refractivity (Wildman–Crippen MR) is 111 cm³/mol. The summed E-state index contributed by atoms with van der Waals surface area (Å²) in [5.41, 5.74) is 3.46. The number of rotatable bonds is 6. The van der Waals surface area contributed by atoms with Gasteiger partial charge in [-0.3, -0.25) is 4.90 Å². The Bertz CT molecular complexity index is 787. The van der Waals surface area contributed by atoms with E-state index in [-0.39, 0.29) is 5.41 Å². The molecule has 3 saturated carbocycles. The van der Waals surface area contributed by atoms with Crippen LogP contribution < -0.4 is 4.74 Å². The molecule has 6 atom stereocenters. The molecule has 1 aliphatic heterocycles. The van der Waals surface area contributed by atoms with Crippen molar-refractivity contribution in [1.29, 1.82) is 0 Å². The first-order valence-corrected chi connectivity index (χ1v) is 11.4. The SMILES string of the molecule is C=CCOC1C[C@@]23CCN(CC4CC4)[C@H](Cc4ccc(OC)cc42)C3C2CC12. The van der Waals surface area contributed by atoms with Gasteiger partial charge in [0.1, 0.15) is 5.75 Å². The minimum Gasteiger partial charge on any atom is -0.497 e. The van der Waals surface area contributed by atoms with E-state index < -0.39 is 0 Å². The summed E-state index contributed by atoms with van der Waals surface area (Å²) in [6.45, 7) is 7.18. The summed E-state index contributed by atoms with van der Waals surface area (Å²) in [7, 11) is 1.80. The normalized spacial score (nSPS) is 40.8. The van der Waals surface area contributed by atoms with Crippen LogP contribution in [0.5, 0.6) is 5.75 Å². The summed E-state index contributed by atoms with van der Waals surface area (Å²) < 4.78 is 12.0. The van der Waals surface area contributed by atoms with Gasteiger partial charge in [0, 0.05) is 18.0 Å². The summed E-state index contributed by atoms with van der Waals surface area (Å²) >= 11 is 0. The van der Waals surface area contributed by atoms with Crippen LogP contribution in [0.3, 0.4) is 0 Å². The molecule has 5 aliphatic rings. The topological polar surface area (TPSA) is 21.7 Å². The molecule has 28 heavy (non-hydrogen) atoms. The number of nitrogens with zero attached hydrogens (tertiary/aromatic N) is 1. The number of hydrogen-bond acceptors (Lipinski definition) is 3. The molecule has 3 heteroatoms. The van der Waals surface area contributed by atoms with Crippen molar-refractivity contribution in [2.75, 3.05) is 26.8 Å². The van der Waals surface area contributed by atoms with Crippen molar-refractivity contribution in [2.24, 2.45) is 23.7 Å². The van der Waals surface area contributed by atoms with Gasteiger partial charge in [-0.2, -0.15) is 0 Å². The Morgan fingerprint density at radius 3 is 2.96 bits per heavy atom. The molecule has 1 aromatic carbocycles. The average molecular weight is 380 g/mol. The van der Waals surface area contributed by atoms with Crippen LogP contribution in [0, 0.1) is 23.7 Å². The van der Waals surface area contributed by atoms with Crippen LogP contribution in [-0.2, 0) is 16.6 Å². The largest absolute Gasteiger partial charge is 0.497 e. The van der Waals surface area contributed by atoms with Crippen LogP contribution in [0.4, 0.5) is 0 Å². The van der Waals surface area contributed by atoms with Gasteiger partial charge in [0.15, 0.2) is 0 Å². The molecule has 150 valence electrons. The van der Waals surface area contributed by atoms with Gasteiger partial charge in [-0.15, -0.1) is 6.58 Å². The van der Waals surface area contributed by atoms with E-state index in [2.05, 4.69) is 29.7 Å². The summed E-state index contributed by atoms with van der Waals surface area (Å²) in [6, 6.07) is 7.65. The second-order valence-electron chi connectivity index (χ2n) is 10.1. The molecule has 0 aromatic heterocycles. The van der Waals surface area contributed by atoms with Gasteiger partial charge in [-0.05, 0) is 92.0 Å². The smallest absolute Gasteiger partial charge is 0.119 e. The van der Waals surface area contributed by atoms with E-state index in [4.69, 9.17) is 9.47 Å². The van der Waals surface area contributed by atoms with Gasteiger partial charge >= 0.3 is 0 Å². The molecular weight excluding hydrogens is 346 g/mol.